The summed E-state index contributed by atoms with van der Waals surface area (Å²) in [5, 5.41) is 0. The van der Waals surface area contributed by atoms with E-state index in [0.29, 0.717) is 0 Å². The third-order valence-electron chi connectivity index (χ3n) is 1.03. The van der Waals surface area contributed by atoms with Gasteiger partial charge in [-0.25, -0.2) is 4.39 Å². The Kier molecular flexibility index (Phi) is 2.55. The zero-order chi connectivity index (χ0) is 6.20. The number of ether oxygens (including phenoxy) is 1. The molecule has 1 saturated heterocycles. The Morgan fingerprint density at radius 3 is 2.11 bits per heavy atom. The summed E-state index contributed by atoms with van der Waals surface area (Å²) in [5.74, 6) is 0. The molecule has 1 fully saturated rings. The fourth-order valence-corrected chi connectivity index (χ4v) is 0.557. The van der Waals surface area contributed by atoms with Crippen LogP contribution in [-0.4, -0.2) is 27.3 Å². The predicted molar refractivity (Wildman–Crippen MR) is 26.2 cm³/mol. The number of alkyl halides is 3. The highest BCUT2D eigenvalue weighted by Gasteiger charge is 2.46. The van der Waals surface area contributed by atoms with Gasteiger partial charge in [-0.3, -0.25) is 0 Å². The van der Waals surface area contributed by atoms with Crippen molar-refractivity contribution >= 4 is 8.41 Å². The van der Waals surface area contributed by atoms with Crippen molar-refractivity contribution < 1.29 is 17.9 Å². The quantitative estimate of drug-likeness (QED) is 0.451. The molecule has 1 aliphatic rings. The second-order valence-corrected chi connectivity index (χ2v) is 1.67. The van der Waals surface area contributed by atoms with Gasteiger partial charge in [0, 0.05) is 14.8 Å². The number of hydrogen-bond donors (Lipinski definition) is 0. The molecular formula is C4H5BF3O. The molecule has 0 spiro atoms. The Balaban J connectivity index is 0.000000640. The first-order chi connectivity index (χ1) is 3.63. The molecule has 0 N–H and O–H groups in total. The molecule has 1 nitrogen and oxygen atoms in total. The van der Waals surface area contributed by atoms with Crippen molar-refractivity contribution in [2.24, 2.45) is 0 Å². The zero-order valence-electron chi connectivity index (χ0n) is 4.61. The molecule has 1 heterocycles. The van der Waals surface area contributed by atoms with Gasteiger partial charge in [0.2, 0.25) is 0 Å². The smallest absolute Gasteiger partial charge is 0.318 e. The zero-order valence-corrected chi connectivity index (χ0v) is 4.61. The fraction of sp³-hybridized carbons (Fsp3) is 1.00. The van der Waals surface area contributed by atoms with E-state index >= 15 is 0 Å². The van der Waals surface area contributed by atoms with Gasteiger partial charge >= 0.3 is 6.11 Å². The molecular weight excluding hydrogens is 132 g/mol. The fourth-order valence-electron chi connectivity index (χ4n) is 0.557. The number of halogens is 3. The maximum atomic E-state index is 11.8. The van der Waals surface area contributed by atoms with E-state index in [4.69, 9.17) is 0 Å². The van der Waals surface area contributed by atoms with Crippen LogP contribution >= 0.6 is 0 Å². The second-order valence-electron chi connectivity index (χ2n) is 1.67. The van der Waals surface area contributed by atoms with Crippen LogP contribution in [0.2, 0.25) is 0 Å². The lowest BCUT2D eigenvalue weighted by Crippen LogP contribution is -2.24. The van der Waals surface area contributed by atoms with Crippen LogP contribution < -0.4 is 0 Å². The minimum absolute atomic E-state index is 0. The Hall–Kier alpha value is -0.185. The number of hydrogen-bond acceptors (Lipinski definition) is 1. The van der Waals surface area contributed by atoms with Crippen molar-refractivity contribution in [1.29, 1.82) is 0 Å². The summed E-state index contributed by atoms with van der Waals surface area (Å²) in [6.45, 7) is -0.172. The van der Waals surface area contributed by atoms with Gasteiger partial charge in [-0.05, 0) is 0 Å². The molecule has 0 aliphatic carbocycles. The molecule has 1 aliphatic heterocycles. The summed E-state index contributed by atoms with van der Waals surface area (Å²) in [5.41, 5.74) is 0. The van der Waals surface area contributed by atoms with Crippen molar-refractivity contribution in [3.8, 4) is 0 Å². The Bertz CT molecular complexity index is 97.8. The SMILES string of the molecule is FC1CCOC1(F)F.[B]. The van der Waals surface area contributed by atoms with Gasteiger partial charge in [0.15, 0.2) is 6.17 Å². The van der Waals surface area contributed by atoms with Crippen LogP contribution in [0.15, 0.2) is 0 Å². The molecule has 1 unspecified atom stereocenters. The lowest BCUT2D eigenvalue weighted by Gasteiger charge is -2.07. The average Bonchev–Trinajstić information content (AvgIpc) is 1.86. The van der Waals surface area contributed by atoms with Crippen molar-refractivity contribution in [3.05, 3.63) is 0 Å². The molecule has 9 heavy (non-hydrogen) atoms. The van der Waals surface area contributed by atoms with E-state index in [0.717, 1.165) is 0 Å². The minimum Gasteiger partial charge on any atom is -0.318 e. The van der Waals surface area contributed by atoms with Crippen LogP contribution in [0.5, 0.6) is 0 Å². The van der Waals surface area contributed by atoms with E-state index in [1.54, 1.807) is 0 Å². The van der Waals surface area contributed by atoms with E-state index in [-0.39, 0.29) is 21.4 Å². The summed E-state index contributed by atoms with van der Waals surface area (Å²) in [6.07, 6.45) is -5.80. The molecule has 51 valence electrons. The van der Waals surface area contributed by atoms with Crippen molar-refractivity contribution in [3.63, 3.8) is 0 Å². The molecule has 1 atom stereocenters. The average molecular weight is 137 g/mol. The van der Waals surface area contributed by atoms with Gasteiger partial charge < -0.3 is 4.74 Å². The largest absolute Gasteiger partial charge is 0.386 e. The molecule has 0 bridgehead atoms. The molecule has 1 rings (SSSR count). The van der Waals surface area contributed by atoms with Gasteiger partial charge in [0.05, 0.1) is 6.61 Å². The second kappa shape index (κ2) is 2.60. The van der Waals surface area contributed by atoms with Gasteiger partial charge in [-0.1, -0.05) is 0 Å². The molecule has 0 aromatic carbocycles. The van der Waals surface area contributed by atoms with E-state index in [1.807, 2.05) is 0 Å². The molecule has 0 aromatic heterocycles. The first kappa shape index (κ1) is 8.81. The predicted octanol–water partition coefficient (Wildman–Crippen LogP) is 0.957. The summed E-state index contributed by atoms with van der Waals surface area (Å²) in [6, 6.07) is 0. The highest BCUT2D eigenvalue weighted by Crippen LogP contribution is 2.31. The Morgan fingerprint density at radius 1 is 1.44 bits per heavy atom. The maximum Gasteiger partial charge on any atom is 0.386 e. The van der Waals surface area contributed by atoms with E-state index in [2.05, 4.69) is 4.74 Å². The van der Waals surface area contributed by atoms with Gasteiger partial charge in [0.1, 0.15) is 0 Å². The standard InChI is InChI=1S/C4H5F3O.B/c5-3-1-2-8-4(3,6)7;/h3H,1-2H2;. The Labute approximate surface area is 52.8 Å². The van der Waals surface area contributed by atoms with Crippen LogP contribution in [0.25, 0.3) is 0 Å². The van der Waals surface area contributed by atoms with E-state index in [9.17, 15) is 13.2 Å². The van der Waals surface area contributed by atoms with Crippen molar-refractivity contribution in [2.45, 2.75) is 18.7 Å². The summed E-state index contributed by atoms with van der Waals surface area (Å²) in [7, 11) is 0. The summed E-state index contributed by atoms with van der Waals surface area (Å²) in [4.78, 5) is 0. The topological polar surface area (TPSA) is 9.23 Å². The van der Waals surface area contributed by atoms with Crippen LogP contribution in [0, 0.1) is 0 Å². The van der Waals surface area contributed by atoms with E-state index in [1.165, 1.54) is 0 Å². The third-order valence-corrected chi connectivity index (χ3v) is 1.03. The molecule has 0 saturated carbocycles. The van der Waals surface area contributed by atoms with Crippen LogP contribution in [0.3, 0.4) is 0 Å². The molecule has 0 aromatic rings. The lowest BCUT2D eigenvalue weighted by atomic mass is 10.3. The first-order valence-electron chi connectivity index (χ1n) is 2.29. The van der Waals surface area contributed by atoms with Crippen LogP contribution in [0.4, 0.5) is 13.2 Å². The maximum absolute atomic E-state index is 11.8. The molecule has 5 heteroatoms. The van der Waals surface area contributed by atoms with Crippen molar-refractivity contribution in [1.82, 2.24) is 0 Å². The highest BCUT2D eigenvalue weighted by atomic mass is 19.3. The van der Waals surface area contributed by atoms with E-state index < -0.39 is 12.3 Å². The minimum atomic E-state index is -3.51. The van der Waals surface area contributed by atoms with Crippen molar-refractivity contribution in [2.75, 3.05) is 6.61 Å². The summed E-state index contributed by atoms with van der Waals surface area (Å²) >= 11 is 0. The number of rotatable bonds is 0. The monoisotopic (exact) mass is 137 g/mol. The molecule has 3 radical (unpaired) electrons. The normalized spacial score (nSPS) is 31.7. The molecule has 0 amide bonds. The third kappa shape index (κ3) is 1.61. The highest BCUT2D eigenvalue weighted by molar-refractivity contribution is 5.75. The van der Waals surface area contributed by atoms with Gasteiger partial charge in [0.25, 0.3) is 0 Å². The van der Waals surface area contributed by atoms with Gasteiger partial charge in [-0.15, -0.1) is 0 Å². The van der Waals surface area contributed by atoms with Crippen LogP contribution in [0.1, 0.15) is 6.42 Å². The summed E-state index contributed by atoms with van der Waals surface area (Å²) < 4.78 is 39.1. The van der Waals surface area contributed by atoms with Crippen LogP contribution in [-0.2, 0) is 4.74 Å². The van der Waals surface area contributed by atoms with Gasteiger partial charge in [-0.2, -0.15) is 8.78 Å². The Morgan fingerprint density at radius 2 is 2.00 bits per heavy atom. The lowest BCUT2D eigenvalue weighted by molar-refractivity contribution is -0.232. The first-order valence-corrected chi connectivity index (χ1v) is 2.29.